The second-order valence-corrected chi connectivity index (χ2v) is 5.49. The third-order valence-electron chi connectivity index (χ3n) is 2.20. The molecule has 0 bridgehead atoms. The van der Waals surface area contributed by atoms with Crippen LogP contribution in [0.2, 0.25) is 0 Å². The Labute approximate surface area is 92.7 Å². The molecule has 3 nitrogen and oxygen atoms in total. The number of thiophene rings is 1. The summed E-state index contributed by atoms with van der Waals surface area (Å²) in [6, 6.07) is 3.62. The number of carboxylic acids is 1. The molecule has 0 saturated heterocycles. The molecule has 0 fully saturated rings. The van der Waals surface area contributed by atoms with Crippen molar-refractivity contribution in [1.82, 2.24) is 0 Å². The van der Waals surface area contributed by atoms with E-state index in [0.29, 0.717) is 4.88 Å². The molecule has 0 atom stereocenters. The van der Waals surface area contributed by atoms with E-state index in [4.69, 9.17) is 5.11 Å². The van der Waals surface area contributed by atoms with Gasteiger partial charge in [0.05, 0.1) is 10.3 Å². The Hall–Kier alpha value is -1.16. The van der Waals surface area contributed by atoms with E-state index in [1.165, 1.54) is 11.3 Å². The monoisotopic (exact) mass is 226 g/mol. The standard InChI is InChI=1S/C11H14O3S/c1-7-4-5-9(15-7)8(12)6-11(2,3)10(13)14/h4-5H,6H2,1-3H3,(H,13,14). The van der Waals surface area contributed by atoms with Crippen molar-refractivity contribution in [2.24, 2.45) is 5.41 Å². The summed E-state index contributed by atoms with van der Waals surface area (Å²) >= 11 is 1.41. The maximum absolute atomic E-state index is 11.7. The minimum absolute atomic E-state index is 0.0439. The second-order valence-electron chi connectivity index (χ2n) is 4.20. The van der Waals surface area contributed by atoms with Gasteiger partial charge >= 0.3 is 5.97 Å². The van der Waals surface area contributed by atoms with Gasteiger partial charge in [0.1, 0.15) is 0 Å². The SMILES string of the molecule is Cc1ccc(C(=O)CC(C)(C)C(=O)O)s1. The number of hydrogen-bond acceptors (Lipinski definition) is 3. The van der Waals surface area contributed by atoms with Crippen LogP contribution in [0.3, 0.4) is 0 Å². The second kappa shape index (κ2) is 4.14. The lowest BCUT2D eigenvalue weighted by Crippen LogP contribution is -2.26. The molecular formula is C11H14O3S. The maximum atomic E-state index is 11.7. The van der Waals surface area contributed by atoms with Gasteiger partial charge in [-0.1, -0.05) is 0 Å². The Morgan fingerprint density at radius 2 is 2.00 bits per heavy atom. The molecule has 1 heterocycles. The van der Waals surface area contributed by atoms with E-state index in [9.17, 15) is 9.59 Å². The lowest BCUT2D eigenvalue weighted by atomic mass is 9.87. The molecule has 0 saturated carbocycles. The van der Waals surface area contributed by atoms with Crippen LogP contribution in [0.4, 0.5) is 0 Å². The zero-order chi connectivity index (χ0) is 11.6. The average Bonchev–Trinajstić information content (AvgIpc) is 2.50. The third kappa shape index (κ3) is 2.89. The summed E-state index contributed by atoms with van der Waals surface area (Å²) in [7, 11) is 0. The zero-order valence-corrected chi connectivity index (χ0v) is 9.85. The molecule has 0 aliphatic heterocycles. The van der Waals surface area contributed by atoms with Crippen molar-refractivity contribution in [3.05, 3.63) is 21.9 Å². The van der Waals surface area contributed by atoms with Crippen LogP contribution in [-0.2, 0) is 4.79 Å². The minimum Gasteiger partial charge on any atom is -0.481 e. The molecule has 0 unspecified atom stereocenters. The van der Waals surface area contributed by atoms with Gasteiger partial charge in [-0.25, -0.2) is 0 Å². The molecule has 0 radical (unpaired) electrons. The number of rotatable bonds is 4. The Balaban J connectivity index is 2.76. The Bertz CT molecular complexity index is 390. The van der Waals surface area contributed by atoms with Crippen molar-refractivity contribution in [1.29, 1.82) is 0 Å². The molecular weight excluding hydrogens is 212 g/mol. The van der Waals surface area contributed by atoms with Crippen LogP contribution in [0.5, 0.6) is 0 Å². The summed E-state index contributed by atoms with van der Waals surface area (Å²) in [5.41, 5.74) is -0.991. The molecule has 1 N–H and O–H groups in total. The largest absolute Gasteiger partial charge is 0.481 e. The fourth-order valence-electron chi connectivity index (χ4n) is 1.15. The van der Waals surface area contributed by atoms with E-state index in [2.05, 4.69) is 0 Å². The smallest absolute Gasteiger partial charge is 0.309 e. The highest BCUT2D eigenvalue weighted by Crippen LogP contribution is 2.25. The molecule has 1 aromatic heterocycles. The molecule has 1 rings (SSSR count). The number of ketones is 1. The first-order valence-corrected chi connectivity index (χ1v) is 5.47. The third-order valence-corrected chi connectivity index (χ3v) is 3.24. The maximum Gasteiger partial charge on any atom is 0.309 e. The summed E-state index contributed by atoms with van der Waals surface area (Å²) in [6.45, 7) is 5.05. The summed E-state index contributed by atoms with van der Waals surface area (Å²) in [5, 5.41) is 8.89. The fourth-order valence-corrected chi connectivity index (χ4v) is 1.95. The average molecular weight is 226 g/mol. The molecule has 0 aliphatic carbocycles. The molecule has 0 spiro atoms. The highest BCUT2D eigenvalue weighted by Gasteiger charge is 2.30. The minimum atomic E-state index is -0.991. The molecule has 15 heavy (non-hydrogen) atoms. The Morgan fingerprint density at radius 1 is 1.40 bits per heavy atom. The molecule has 0 amide bonds. The number of aryl methyl sites for hydroxylation is 1. The van der Waals surface area contributed by atoms with Gasteiger partial charge in [0.2, 0.25) is 0 Å². The number of aliphatic carboxylic acids is 1. The van der Waals surface area contributed by atoms with Gasteiger partial charge in [-0.3, -0.25) is 9.59 Å². The number of carbonyl (C=O) groups is 2. The quantitative estimate of drug-likeness (QED) is 0.803. The van der Waals surface area contributed by atoms with Crippen LogP contribution in [-0.4, -0.2) is 16.9 Å². The van der Waals surface area contributed by atoms with Gasteiger partial charge < -0.3 is 5.11 Å². The van der Waals surface area contributed by atoms with Crippen LogP contribution in [0.15, 0.2) is 12.1 Å². The van der Waals surface area contributed by atoms with E-state index < -0.39 is 11.4 Å². The summed E-state index contributed by atoms with van der Waals surface area (Å²) in [5.74, 6) is -1.04. The van der Waals surface area contributed by atoms with E-state index >= 15 is 0 Å². The first kappa shape index (κ1) is 11.9. The Morgan fingerprint density at radius 3 is 2.40 bits per heavy atom. The topological polar surface area (TPSA) is 54.4 Å². The normalized spacial score (nSPS) is 11.4. The Kier molecular flexibility index (Phi) is 3.29. The van der Waals surface area contributed by atoms with Crippen LogP contribution in [0.25, 0.3) is 0 Å². The van der Waals surface area contributed by atoms with Gasteiger partial charge in [0.25, 0.3) is 0 Å². The lowest BCUT2D eigenvalue weighted by molar-refractivity contribution is -0.146. The van der Waals surface area contributed by atoms with Gasteiger partial charge in [-0.2, -0.15) is 0 Å². The lowest BCUT2D eigenvalue weighted by Gasteiger charge is -2.16. The van der Waals surface area contributed by atoms with Gasteiger partial charge in [0, 0.05) is 11.3 Å². The van der Waals surface area contributed by atoms with Crippen molar-refractivity contribution >= 4 is 23.1 Å². The fraction of sp³-hybridized carbons (Fsp3) is 0.455. The van der Waals surface area contributed by atoms with Crippen molar-refractivity contribution in [3.8, 4) is 0 Å². The van der Waals surface area contributed by atoms with Crippen molar-refractivity contribution in [2.45, 2.75) is 27.2 Å². The van der Waals surface area contributed by atoms with E-state index in [1.54, 1.807) is 19.9 Å². The van der Waals surface area contributed by atoms with Gasteiger partial charge in [0.15, 0.2) is 5.78 Å². The molecule has 4 heteroatoms. The highest BCUT2D eigenvalue weighted by molar-refractivity contribution is 7.14. The van der Waals surface area contributed by atoms with Crippen LogP contribution in [0.1, 0.15) is 34.8 Å². The van der Waals surface area contributed by atoms with Gasteiger partial charge in [-0.15, -0.1) is 11.3 Å². The van der Waals surface area contributed by atoms with Crippen molar-refractivity contribution in [3.63, 3.8) is 0 Å². The molecule has 0 aromatic carbocycles. The van der Waals surface area contributed by atoms with Gasteiger partial charge in [-0.05, 0) is 32.9 Å². The van der Waals surface area contributed by atoms with Crippen molar-refractivity contribution < 1.29 is 14.7 Å². The summed E-state index contributed by atoms with van der Waals surface area (Å²) in [6.07, 6.45) is 0.0439. The first-order valence-electron chi connectivity index (χ1n) is 4.66. The van der Waals surface area contributed by atoms with Crippen molar-refractivity contribution in [2.75, 3.05) is 0 Å². The van der Waals surface area contributed by atoms with E-state index in [1.807, 2.05) is 13.0 Å². The highest BCUT2D eigenvalue weighted by atomic mass is 32.1. The van der Waals surface area contributed by atoms with E-state index in [0.717, 1.165) is 4.88 Å². The van der Waals surface area contributed by atoms with Crippen LogP contribution in [0, 0.1) is 12.3 Å². The number of carbonyl (C=O) groups excluding carboxylic acids is 1. The zero-order valence-electron chi connectivity index (χ0n) is 9.03. The first-order chi connectivity index (χ1) is 6.83. The number of hydrogen-bond donors (Lipinski definition) is 1. The molecule has 0 aliphatic rings. The predicted molar refractivity (Wildman–Crippen MR) is 59.4 cm³/mol. The molecule has 82 valence electrons. The number of Topliss-reactive ketones (excluding diaryl/α,β-unsaturated/α-hetero) is 1. The van der Waals surface area contributed by atoms with Crippen LogP contribution >= 0.6 is 11.3 Å². The van der Waals surface area contributed by atoms with E-state index in [-0.39, 0.29) is 12.2 Å². The summed E-state index contributed by atoms with van der Waals surface area (Å²) in [4.78, 5) is 24.3. The molecule has 1 aromatic rings. The number of carboxylic acid groups (broad SMARTS) is 1. The predicted octanol–water partition coefficient (Wildman–Crippen LogP) is 2.74. The van der Waals surface area contributed by atoms with Crippen LogP contribution < -0.4 is 0 Å². The summed E-state index contributed by atoms with van der Waals surface area (Å²) < 4.78 is 0.